The Morgan fingerprint density at radius 1 is 1.03 bits per heavy atom. The highest BCUT2D eigenvalue weighted by atomic mass is 32.1. The van der Waals surface area contributed by atoms with E-state index in [4.69, 9.17) is 9.47 Å². The maximum atomic E-state index is 13.1. The number of fused-ring (bicyclic) bond motifs is 1. The molecule has 0 unspecified atom stereocenters. The number of benzene rings is 2. The summed E-state index contributed by atoms with van der Waals surface area (Å²) < 4.78 is 25.9. The summed E-state index contributed by atoms with van der Waals surface area (Å²) in [5, 5.41) is 4.22. The first-order chi connectivity index (χ1) is 15.5. The minimum atomic E-state index is -0.512. The summed E-state index contributed by atoms with van der Waals surface area (Å²) in [5.74, 6) is 0.849. The molecule has 7 nitrogen and oxygen atoms in total. The van der Waals surface area contributed by atoms with Crippen LogP contribution in [0.15, 0.2) is 52.1 Å². The van der Waals surface area contributed by atoms with Crippen molar-refractivity contribution >= 4 is 22.4 Å². The van der Waals surface area contributed by atoms with Crippen molar-refractivity contribution in [3.63, 3.8) is 0 Å². The van der Waals surface area contributed by atoms with Crippen LogP contribution < -0.4 is 25.1 Å². The topological polar surface area (TPSA) is 82.8 Å². The van der Waals surface area contributed by atoms with Crippen LogP contribution >= 0.6 is 11.3 Å². The fourth-order valence-electron chi connectivity index (χ4n) is 3.16. The number of hydrogen-bond acceptors (Lipinski definition) is 7. The van der Waals surface area contributed by atoms with Gasteiger partial charge in [-0.25, -0.2) is 4.39 Å². The van der Waals surface area contributed by atoms with Crippen molar-refractivity contribution < 1.29 is 13.9 Å². The molecule has 164 valence electrons. The summed E-state index contributed by atoms with van der Waals surface area (Å²) in [7, 11) is 0. The standard InChI is InChI=1S/C23H20FN3O4S/c1-3-30-18-10-7-15(12-19(18)31-4-2)13-20-22(29)27-23(32-20)25-21(28)17(26-27)11-14-5-8-16(24)9-6-14/h5-10,12-13H,3-4,11H2,1-2H3/b20-13-. The molecule has 0 aliphatic carbocycles. The number of rotatable bonds is 7. The zero-order chi connectivity index (χ0) is 22.7. The first-order valence-electron chi connectivity index (χ1n) is 10.1. The summed E-state index contributed by atoms with van der Waals surface area (Å²) in [5.41, 5.74) is 0.682. The van der Waals surface area contributed by atoms with Gasteiger partial charge >= 0.3 is 0 Å². The van der Waals surface area contributed by atoms with Crippen molar-refractivity contribution in [2.75, 3.05) is 13.2 Å². The first-order valence-corrected chi connectivity index (χ1v) is 10.9. The van der Waals surface area contributed by atoms with Gasteiger partial charge in [-0.3, -0.25) is 9.59 Å². The van der Waals surface area contributed by atoms with Gasteiger partial charge in [0.25, 0.3) is 11.1 Å². The SMILES string of the molecule is CCOc1ccc(/C=c2\sc3nc(=O)c(Cc4ccc(F)cc4)nn3c2=O)cc1OCC. The van der Waals surface area contributed by atoms with Crippen LogP contribution in [0.5, 0.6) is 11.5 Å². The molecule has 0 aliphatic heterocycles. The van der Waals surface area contributed by atoms with Crippen LogP contribution in [0.25, 0.3) is 11.0 Å². The van der Waals surface area contributed by atoms with E-state index in [1.54, 1.807) is 30.3 Å². The lowest BCUT2D eigenvalue weighted by molar-refractivity contribution is 0.287. The summed E-state index contributed by atoms with van der Waals surface area (Å²) in [6, 6.07) is 11.2. The number of aromatic nitrogens is 3. The van der Waals surface area contributed by atoms with E-state index < -0.39 is 5.56 Å². The Labute approximate surface area is 186 Å². The molecule has 0 atom stereocenters. The smallest absolute Gasteiger partial charge is 0.296 e. The van der Waals surface area contributed by atoms with E-state index in [1.165, 1.54) is 12.1 Å². The predicted molar refractivity (Wildman–Crippen MR) is 120 cm³/mol. The van der Waals surface area contributed by atoms with Gasteiger partial charge in [0, 0.05) is 6.42 Å². The minimum absolute atomic E-state index is 0.121. The highest BCUT2D eigenvalue weighted by Crippen LogP contribution is 2.28. The average Bonchev–Trinajstić information content (AvgIpc) is 3.06. The van der Waals surface area contributed by atoms with Gasteiger partial charge in [-0.1, -0.05) is 29.5 Å². The Bertz CT molecular complexity index is 1430. The molecule has 2 heterocycles. The van der Waals surface area contributed by atoms with Gasteiger partial charge in [-0.15, -0.1) is 0 Å². The lowest BCUT2D eigenvalue weighted by Crippen LogP contribution is -2.28. The summed E-state index contributed by atoms with van der Waals surface area (Å²) in [6.07, 6.45) is 1.85. The second-order valence-electron chi connectivity index (χ2n) is 6.85. The lowest BCUT2D eigenvalue weighted by atomic mass is 10.1. The quantitative estimate of drug-likeness (QED) is 0.428. The maximum absolute atomic E-state index is 13.1. The van der Waals surface area contributed by atoms with Crippen molar-refractivity contribution in [2.24, 2.45) is 0 Å². The lowest BCUT2D eigenvalue weighted by Gasteiger charge is -2.11. The van der Waals surface area contributed by atoms with E-state index in [1.807, 2.05) is 19.9 Å². The first kappa shape index (κ1) is 21.6. The predicted octanol–water partition coefficient (Wildman–Crippen LogP) is 2.59. The Kier molecular flexibility index (Phi) is 6.27. The van der Waals surface area contributed by atoms with Crippen LogP contribution in [-0.2, 0) is 6.42 Å². The monoisotopic (exact) mass is 453 g/mol. The Hall–Kier alpha value is -3.59. The molecule has 0 saturated heterocycles. The van der Waals surface area contributed by atoms with Gasteiger partial charge in [0.05, 0.1) is 17.7 Å². The van der Waals surface area contributed by atoms with E-state index in [0.717, 1.165) is 21.4 Å². The zero-order valence-corrected chi connectivity index (χ0v) is 18.3. The molecule has 2 aromatic carbocycles. The Morgan fingerprint density at radius 2 is 1.75 bits per heavy atom. The molecule has 9 heteroatoms. The number of nitrogens with zero attached hydrogens (tertiary/aromatic N) is 3. The third-order valence-electron chi connectivity index (χ3n) is 4.60. The second kappa shape index (κ2) is 9.27. The van der Waals surface area contributed by atoms with Gasteiger partial charge < -0.3 is 9.47 Å². The highest BCUT2D eigenvalue weighted by molar-refractivity contribution is 7.15. The maximum Gasteiger partial charge on any atom is 0.296 e. The van der Waals surface area contributed by atoms with Crippen LogP contribution in [0.3, 0.4) is 0 Å². The fraction of sp³-hybridized carbons (Fsp3) is 0.217. The summed E-state index contributed by atoms with van der Waals surface area (Å²) in [4.78, 5) is 29.5. The number of ether oxygens (including phenoxy) is 2. The number of halogens is 1. The fourth-order valence-corrected chi connectivity index (χ4v) is 4.06. The molecule has 0 N–H and O–H groups in total. The van der Waals surface area contributed by atoms with Crippen LogP contribution in [-0.4, -0.2) is 27.8 Å². The normalized spacial score (nSPS) is 11.8. The minimum Gasteiger partial charge on any atom is -0.490 e. The van der Waals surface area contributed by atoms with Crippen molar-refractivity contribution in [1.29, 1.82) is 0 Å². The largest absolute Gasteiger partial charge is 0.490 e. The molecule has 0 spiro atoms. The van der Waals surface area contributed by atoms with Crippen LogP contribution in [0.1, 0.15) is 30.7 Å². The van der Waals surface area contributed by atoms with E-state index in [9.17, 15) is 14.0 Å². The van der Waals surface area contributed by atoms with Gasteiger partial charge in [0.2, 0.25) is 4.96 Å². The van der Waals surface area contributed by atoms with Crippen molar-refractivity contribution in [2.45, 2.75) is 20.3 Å². The Balaban J connectivity index is 1.74. The molecule has 0 saturated carbocycles. The van der Waals surface area contributed by atoms with Crippen molar-refractivity contribution in [3.05, 3.63) is 90.3 Å². The molecule has 0 aliphatic rings. The molecular weight excluding hydrogens is 433 g/mol. The van der Waals surface area contributed by atoms with Gasteiger partial charge in [-0.2, -0.15) is 14.6 Å². The molecular formula is C23H20FN3O4S. The highest BCUT2D eigenvalue weighted by Gasteiger charge is 2.12. The molecule has 4 aromatic rings. The molecule has 0 amide bonds. The van der Waals surface area contributed by atoms with Crippen LogP contribution in [0.4, 0.5) is 4.39 Å². The molecule has 0 bridgehead atoms. The molecule has 0 fully saturated rings. The average molecular weight is 453 g/mol. The summed E-state index contributed by atoms with van der Waals surface area (Å²) >= 11 is 1.08. The van der Waals surface area contributed by atoms with E-state index in [-0.39, 0.29) is 28.5 Å². The number of hydrogen-bond donors (Lipinski definition) is 0. The molecule has 2 aromatic heterocycles. The van der Waals surface area contributed by atoms with E-state index in [2.05, 4.69) is 10.1 Å². The van der Waals surface area contributed by atoms with Crippen molar-refractivity contribution in [3.8, 4) is 11.5 Å². The van der Waals surface area contributed by atoms with Crippen LogP contribution in [0, 0.1) is 5.82 Å². The van der Waals surface area contributed by atoms with E-state index >= 15 is 0 Å². The third kappa shape index (κ3) is 4.52. The van der Waals surface area contributed by atoms with E-state index in [0.29, 0.717) is 34.8 Å². The van der Waals surface area contributed by atoms with Crippen molar-refractivity contribution in [1.82, 2.24) is 14.6 Å². The van der Waals surface area contributed by atoms with Crippen LogP contribution in [0.2, 0.25) is 0 Å². The van der Waals surface area contributed by atoms with Gasteiger partial charge in [0.15, 0.2) is 11.5 Å². The zero-order valence-electron chi connectivity index (χ0n) is 17.5. The second-order valence-corrected chi connectivity index (χ2v) is 7.86. The van der Waals surface area contributed by atoms with Gasteiger partial charge in [-0.05, 0) is 55.3 Å². The molecule has 4 rings (SSSR count). The summed E-state index contributed by atoms with van der Waals surface area (Å²) in [6.45, 7) is 4.76. The number of thiazole rings is 1. The van der Waals surface area contributed by atoms with Gasteiger partial charge in [0.1, 0.15) is 11.5 Å². The molecule has 32 heavy (non-hydrogen) atoms. The molecule has 0 radical (unpaired) electrons. The Morgan fingerprint density at radius 3 is 2.47 bits per heavy atom. The third-order valence-corrected chi connectivity index (χ3v) is 5.56.